The maximum atomic E-state index is 4.75. The van der Waals surface area contributed by atoms with E-state index >= 15 is 0 Å². The van der Waals surface area contributed by atoms with Gasteiger partial charge in [0.05, 0.1) is 28.7 Å². The highest BCUT2D eigenvalue weighted by Crippen LogP contribution is 2.27. The van der Waals surface area contributed by atoms with Gasteiger partial charge in [-0.1, -0.05) is 26.8 Å². The predicted octanol–water partition coefficient (Wildman–Crippen LogP) is 5.14. The number of aryl methyl sites for hydroxylation is 2. The molecule has 0 atom stereocenters. The number of rotatable bonds is 3. The van der Waals surface area contributed by atoms with Crippen molar-refractivity contribution in [3.05, 3.63) is 65.9 Å². The standard InChI is InChI=1S/C23H24N6/c1-14-7-6-12-24-20(14)18-10-9-17-21(26-15(2)27-22(17)29-18)28-16-8-11-19(25-13-16)23(3,4)5/h6-13H,1-5H3,(H,26,27,28,29). The van der Waals surface area contributed by atoms with Crippen LogP contribution in [0.15, 0.2) is 48.8 Å². The average molecular weight is 384 g/mol. The van der Waals surface area contributed by atoms with Gasteiger partial charge in [0.2, 0.25) is 0 Å². The molecule has 0 spiro atoms. The molecule has 0 saturated carbocycles. The van der Waals surface area contributed by atoms with Crippen LogP contribution < -0.4 is 5.32 Å². The number of pyridine rings is 3. The van der Waals surface area contributed by atoms with Crippen LogP contribution in [0.2, 0.25) is 0 Å². The molecule has 4 aromatic rings. The molecule has 0 saturated heterocycles. The molecule has 6 nitrogen and oxygen atoms in total. The Labute approximate surface area is 170 Å². The van der Waals surface area contributed by atoms with Crippen molar-refractivity contribution in [2.24, 2.45) is 0 Å². The molecular weight excluding hydrogens is 360 g/mol. The maximum Gasteiger partial charge on any atom is 0.165 e. The summed E-state index contributed by atoms with van der Waals surface area (Å²) in [5.41, 5.74) is 5.32. The first-order valence-electron chi connectivity index (χ1n) is 9.62. The molecule has 6 heteroatoms. The molecule has 4 aromatic heterocycles. The van der Waals surface area contributed by atoms with Gasteiger partial charge in [0, 0.05) is 17.3 Å². The molecule has 0 fully saturated rings. The van der Waals surface area contributed by atoms with Gasteiger partial charge in [-0.25, -0.2) is 15.0 Å². The molecule has 4 heterocycles. The third-order valence-electron chi connectivity index (χ3n) is 4.72. The van der Waals surface area contributed by atoms with E-state index in [1.807, 2.05) is 56.4 Å². The van der Waals surface area contributed by atoms with E-state index < -0.39 is 0 Å². The summed E-state index contributed by atoms with van der Waals surface area (Å²) < 4.78 is 0. The smallest absolute Gasteiger partial charge is 0.165 e. The second kappa shape index (κ2) is 7.20. The van der Waals surface area contributed by atoms with Crippen LogP contribution in [0.1, 0.15) is 37.9 Å². The lowest BCUT2D eigenvalue weighted by Gasteiger charge is -2.18. The Morgan fingerprint density at radius 2 is 1.69 bits per heavy atom. The maximum absolute atomic E-state index is 4.75. The molecular formula is C23H24N6. The Morgan fingerprint density at radius 3 is 2.38 bits per heavy atom. The summed E-state index contributed by atoms with van der Waals surface area (Å²) in [7, 11) is 0. The highest BCUT2D eigenvalue weighted by Gasteiger charge is 2.15. The number of fused-ring (bicyclic) bond motifs is 1. The molecule has 0 bridgehead atoms. The molecule has 0 radical (unpaired) electrons. The van der Waals surface area contributed by atoms with Crippen LogP contribution in [0, 0.1) is 13.8 Å². The number of nitrogens with zero attached hydrogens (tertiary/aromatic N) is 5. The zero-order chi connectivity index (χ0) is 20.6. The Bertz CT molecular complexity index is 1180. The Morgan fingerprint density at radius 1 is 0.862 bits per heavy atom. The van der Waals surface area contributed by atoms with E-state index in [2.05, 4.69) is 46.0 Å². The van der Waals surface area contributed by atoms with Crippen molar-refractivity contribution in [3.8, 4) is 11.4 Å². The second-order valence-corrected chi connectivity index (χ2v) is 8.16. The van der Waals surface area contributed by atoms with Gasteiger partial charge in [0.1, 0.15) is 11.6 Å². The van der Waals surface area contributed by atoms with Gasteiger partial charge in [-0.2, -0.15) is 0 Å². The zero-order valence-electron chi connectivity index (χ0n) is 17.4. The lowest BCUT2D eigenvalue weighted by atomic mass is 9.92. The van der Waals surface area contributed by atoms with Gasteiger partial charge in [0.25, 0.3) is 0 Å². The monoisotopic (exact) mass is 384 g/mol. The summed E-state index contributed by atoms with van der Waals surface area (Å²) in [4.78, 5) is 22.9. The van der Waals surface area contributed by atoms with Crippen molar-refractivity contribution in [3.63, 3.8) is 0 Å². The minimum absolute atomic E-state index is 0.0145. The lowest BCUT2D eigenvalue weighted by molar-refractivity contribution is 0.569. The molecule has 1 N–H and O–H groups in total. The largest absolute Gasteiger partial charge is 0.338 e. The highest BCUT2D eigenvalue weighted by atomic mass is 15.1. The van der Waals surface area contributed by atoms with Crippen LogP contribution >= 0.6 is 0 Å². The third kappa shape index (κ3) is 3.92. The fourth-order valence-corrected chi connectivity index (χ4v) is 3.15. The fourth-order valence-electron chi connectivity index (χ4n) is 3.15. The molecule has 0 aliphatic rings. The quantitative estimate of drug-likeness (QED) is 0.527. The number of hydrogen-bond donors (Lipinski definition) is 1. The second-order valence-electron chi connectivity index (χ2n) is 8.16. The Balaban J connectivity index is 1.73. The molecule has 29 heavy (non-hydrogen) atoms. The zero-order valence-corrected chi connectivity index (χ0v) is 17.4. The van der Waals surface area contributed by atoms with Crippen LogP contribution in [0.25, 0.3) is 22.4 Å². The fraction of sp³-hybridized carbons (Fsp3) is 0.261. The van der Waals surface area contributed by atoms with Gasteiger partial charge in [-0.3, -0.25) is 9.97 Å². The SMILES string of the molecule is Cc1nc(Nc2ccc(C(C)(C)C)nc2)c2ccc(-c3ncccc3C)nc2n1. The summed E-state index contributed by atoms with van der Waals surface area (Å²) in [6, 6.07) is 12.0. The minimum Gasteiger partial charge on any atom is -0.338 e. The first-order chi connectivity index (χ1) is 13.8. The summed E-state index contributed by atoms with van der Waals surface area (Å²) in [5.74, 6) is 1.37. The molecule has 146 valence electrons. The highest BCUT2D eigenvalue weighted by molar-refractivity contribution is 5.89. The lowest BCUT2D eigenvalue weighted by Crippen LogP contribution is -2.13. The van der Waals surface area contributed by atoms with Crippen molar-refractivity contribution in [2.45, 2.75) is 40.0 Å². The van der Waals surface area contributed by atoms with Gasteiger partial charge < -0.3 is 5.32 Å². The summed E-state index contributed by atoms with van der Waals surface area (Å²) in [6.07, 6.45) is 3.61. The predicted molar refractivity (Wildman–Crippen MR) is 116 cm³/mol. The van der Waals surface area contributed by atoms with E-state index in [-0.39, 0.29) is 5.41 Å². The van der Waals surface area contributed by atoms with Gasteiger partial charge >= 0.3 is 0 Å². The van der Waals surface area contributed by atoms with Crippen LogP contribution in [0.5, 0.6) is 0 Å². The van der Waals surface area contributed by atoms with E-state index in [1.54, 1.807) is 6.20 Å². The van der Waals surface area contributed by atoms with Gasteiger partial charge in [0.15, 0.2) is 5.65 Å². The molecule has 0 aromatic carbocycles. The van der Waals surface area contributed by atoms with Crippen molar-refractivity contribution in [1.82, 2.24) is 24.9 Å². The number of hydrogen-bond acceptors (Lipinski definition) is 6. The van der Waals surface area contributed by atoms with Crippen molar-refractivity contribution in [2.75, 3.05) is 5.32 Å². The van der Waals surface area contributed by atoms with E-state index in [0.29, 0.717) is 11.5 Å². The van der Waals surface area contributed by atoms with Gasteiger partial charge in [-0.05, 0) is 49.7 Å². The van der Waals surface area contributed by atoms with Crippen LogP contribution in [0.4, 0.5) is 11.5 Å². The van der Waals surface area contributed by atoms with Crippen molar-refractivity contribution in [1.29, 1.82) is 0 Å². The Kier molecular flexibility index (Phi) is 4.70. The average Bonchev–Trinajstić information content (AvgIpc) is 2.67. The van der Waals surface area contributed by atoms with E-state index in [0.717, 1.165) is 39.5 Å². The third-order valence-corrected chi connectivity index (χ3v) is 4.72. The van der Waals surface area contributed by atoms with Crippen molar-refractivity contribution >= 4 is 22.5 Å². The first-order valence-corrected chi connectivity index (χ1v) is 9.62. The molecule has 0 aliphatic heterocycles. The Hall–Kier alpha value is -3.41. The normalized spacial score (nSPS) is 11.6. The van der Waals surface area contributed by atoms with E-state index in [4.69, 9.17) is 4.98 Å². The summed E-state index contributed by atoms with van der Waals surface area (Å²) in [5, 5.41) is 4.22. The number of aromatic nitrogens is 5. The molecule has 0 aliphatic carbocycles. The summed E-state index contributed by atoms with van der Waals surface area (Å²) >= 11 is 0. The van der Waals surface area contributed by atoms with E-state index in [9.17, 15) is 0 Å². The van der Waals surface area contributed by atoms with Gasteiger partial charge in [-0.15, -0.1) is 0 Å². The van der Waals surface area contributed by atoms with Crippen LogP contribution in [-0.2, 0) is 5.41 Å². The minimum atomic E-state index is 0.0145. The summed E-state index contributed by atoms with van der Waals surface area (Å²) in [6.45, 7) is 10.3. The number of anilines is 2. The van der Waals surface area contributed by atoms with Crippen molar-refractivity contribution < 1.29 is 0 Å². The molecule has 0 amide bonds. The number of nitrogens with one attached hydrogen (secondary N) is 1. The first kappa shape index (κ1) is 18.9. The molecule has 4 rings (SSSR count). The van der Waals surface area contributed by atoms with Crippen LogP contribution in [-0.4, -0.2) is 24.9 Å². The molecule has 0 unspecified atom stereocenters. The topological polar surface area (TPSA) is 76.5 Å². The van der Waals surface area contributed by atoms with Crippen LogP contribution in [0.3, 0.4) is 0 Å². The van der Waals surface area contributed by atoms with E-state index in [1.165, 1.54) is 0 Å².